The first-order chi connectivity index (χ1) is 16.4. The molecule has 3 rings (SSSR count). The van der Waals surface area contributed by atoms with Crippen molar-refractivity contribution in [3.63, 3.8) is 0 Å². The summed E-state index contributed by atoms with van der Waals surface area (Å²) in [5.41, 5.74) is -0.359. The average Bonchev–Trinajstić information content (AvgIpc) is 2.82. The number of benzene rings is 2. The van der Waals surface area contributed by atoms with Gasteiger partial charge in [0.25, 0.3) is 5.69 Å². The lowest BCUT2D eigenvalue weighted by molar-refractivity contribution is -0.384. The molecule has 0 unspecified atom stereocenters. The minimum Gasteiger partial charge on any atom is -0.495 e. The number of amides is 1. The van der Waals surface area contributed by atoms with E-state index in [4.69, 9.17) is 4.74 Å². The van der Waals surface area contributed by atoms with E-state index in [1.807, 2.05) is 0 Å². The van der Waals surface area contributed by atoms with Gasteiger partial charge >= 0.3 is 0 Å². The number of rotatable bonds is 9. The van der Waals surface area contributed by atoms with Crippen LogP contribution in [-0.2, 0) is 24.8 Å². The number of carbonyl (C=O) groups is 1. The van der Waals surface area contributed by atoms with Crippen LogP contribution in [0.4, 0.5) is 17.1 Å². The minimum absolute atomic E-state index is 0.0332. The average molecular weight is 527 g/mol. The molecule has 1 saturated heterocycles. The van der Waals surface area contributed by atoms with Crippen molar-refractivity contribution in [1.29, 1.82) is 0 Å². The number of hydrogen-bond acceptors (Lipinski definition) is 8. The molecule has 2 aromatic rings. The fourth-order valence-corrected chi connectivity index (χ4v) is 6.07. The number of piperidine rings is 1. The number of non-ortho nitro benzene ring substituents is 1. The number of methoxy groups -OCH3 is 1. The Balaban J connectivity index is 1.88. The molecule has 1 fully saturated rings. The molecule has 1 aliphatic heterocycles. The van der Waals surface area contributed by atoms with E-state index in [9.17, 15) is 31.7 Å². The van der Waals surface area contributed by atoms with Crippen LogP contribution in [0.2, 0.25) is 0 Å². The van der Waals surface area contributed by atoms with Crippen molar-refractivity contribution in [2.45, 2.75) is 24.2 Å². The molecule has 0 bridgehead atoms. The highest BCUT2D eigenvalue weighted by Gasteiger charge is 2.28. The van der Waals surface area contributed by atoms with Crippen LogP contribution in [0, 0.1) is 10.1 Å². The van der Waals surface area contributed by atoms with Crippen molar-refractivity contribution < 1.29 is 31.3 Å². The van der Waals surface area contributed by atoms with Crippen LogP contribution in [0.3, 0.4) is 0 Å². The summed E-state index contributed by atoms with van der Waals surface area (Å²) in [6, 6.07) is 8.92. The second kappa shape index (κ2) is 10.6. The summed E-state index contributed by atoms with van der Waals surface area (Å²) in [5, 5.41) is 13.6. The van der Waals surface area contributed by atoms with Crippen molar-refractivity contribution in [1.82, 2.24) is 4.31 Å². The van der Waals surface area contributed by atoms with Crippen molar-refractivity contribution in [2.24, 2.45) is 0 Å². The maximum Gasteiger partial charge on any atom is 0.271 e. The molecule has 12 nitrogen and oxygen atoms in total. The van der Waals surface area contributed by atoms with E-state index in [2.05, 4.69) is 5.32 Å². The van der Waals surface area contributed by atoms with E-state index < -0.39 is 37.4 Å². The summed E-state index contributed by atoms with van der Waals surface area (Å²) in [6.07, 6.45) is 3.35. The van der Waals surface area contributed by atoms with Gasteiger partial charge in [-0.05, 0) is 37.1 Å². The molecule has 0 aromatic heterocycles. The summed E-state index contributed by atoms with van der Waals surface area (Å²) < 4.78 is 58.1. The van der Waals surface area contributed by atoms with Gasteiger partial charge in [-0.25, -0.2) is 16.8 Å². The van der Waals surface area contributed by atoms with Crippen molar-refractivity contribution in [3.8, 4) is 5.75 Å². The summed E-state index contributed by atoms with van der Waals surface area (Å²) in [5.74, 6) is -0.620. The first kappa shape index (κ1) is 26.4. The smallest absolute Gasteiger partial charge is 0.271 e. The number of carbonyl (C=O) groups excluding carboxylic acids is 1. The van der Waals surface area contributed by atoms with Crippen LogP contribution in [0.1, 0.15) is 19.3 Å². The number of hydrogen-bond donors (Lipinski definition) is 1. The van der Waals surface area contributed by atoms with Crippen LogP contribution >= 0.6 is 0 Å². The van der Waals surface area contributed by atoms with Crippen molar-refractivity contribution >= 4 is 43.0 Å². The molecular weight excluding hydrogens is 500 g/mol. The quantitative estimate of drug-likeness (QED) is 0.385. The van der Waals surface area contributed by atoms with Gasteiger partial charge in [-0.2, -0.15) is 4.31 Å². The Morgan fingerprint density at radius 3 is 2.40 bits per heavy atom. The van der Waals surface area contributed by atoms with Crippen LogP contribution in [-0.4, -0.2) is 65.0 Å². The lowest BCUT2D eigenvalue weighted by Gasteiger charge is -2.26. The molecule has 1 aliphatic rings. The molecule has 1 amide bonds. The third kappa shape index (κ3) is 6.26. The number of sulfonamides is 2. The van der Waals surface area contributed by atoms with Gasteiger partial charge in [0.1, 0.15) is 12.3 Å². The first-order valence-corrected chi connectivity index (χ1v) is 13.9. The number of nitrogens with one attached hydrogen (secondary N) is 1. The topological polar surface area (TPSA) is 156 Å². The molecule has 0 radical (unpaired) electrons. The molecule has 0 spiro atoms. The zero-order chi connectivity index (χ0) is 25.8. The molecule has 0 saturated carbocycles. The second-order valence-corrected chi connectivity index (χ2v) is 11.8. The van der Waals surface area contributed by atoms with Crippen molar-refractivity contribution in [3.05, 3.63) is 52.6 Å². The third-order valence-corrected chi connectivity index (χ3v) is 8.45. The summed E-state index contributed by atoms with van der Waals surface area (Å²) in [6.45, 7) is 0.109. The number of nitrogens with zero attached hydrogens (tertiary/aromatic N) is 3. The molecular formula is C21H26N4O8S2. The highest BCUT2D eigenvalue weighted by molar-refractivity contribution is 7.92. The Kier molecular flexibility index (Phi) is 7.97. The van der Waals surface area contributed by atoms with Gasteiger partial charge in [-0.15, -0.1) is 0 Å². The second-order valence-electron chi connectivity index (χ2n) is 7.92. The number of nitro benzene ring substituents is 1. The highest BCUT2D eigenvalue weighted by atomic mass is 32.2. The van der Waals surface area contributed by atoms with Crippen LogP contribution in [0.25, 0.3) is 0 Å². The van der Waals surface area contributed by atoms with Gasteiger partial charge < -0.3 is 10.1 Å². The van der Waals surface area contributed by atoms with Gasteiger partial charge in [0.15, 0.2) is 0 Å². The lowest BCUT2D eigenvalue weighted by Crippen LogP contribution is -2.37. The molecule has 0 aliphatic carbocycles. The van der Waals surface area contributed by atoms with Gasteiger partial charge in [0.05, 0.1) is 34.6 Å². The Labute approximate surface area is 203 Å². The van der Waals surface area contributed by atoms with Gasteiger partial charge in [-0.1, -0.05) is 12.5 Å². The third-order valence-electron chi connectivity index (χ3n) is 5.41. The molecule has 1 N–H and O–H groups in total. The van der Waals surface area contributed by atoms with E-state index in [1.165, 1.54) is 47.8 Å². The summed E-state index contributed by atoms with van der Waals surface area (Å²) in [7, 11) is -6.44. The SMILES string of the molecule is COc1ccc(S(=O)(=O)N2CCCCC2)cc1NC(=O)CN(c1cccc([N+](=O)[O-])c1)S(C)(=O)=O. The lowest BCUT2D eigenvalue weighted by atomic mass is 10.2. The number of anilines is 2. The monoisotopic (exact) mass is 526 g/mol. The van der Waals surface area contributed by atoms with Crippen LogP contribution < -0.4 is 14.4 Å². The van der Waals surface area contributed by atoms with E-state index >= 15 is 0 Å². The van der Waals surface area contributed by atoms with Crippen LogP contribution in [0.15, 0.2) is 47.4 Å². The Hall–Kier alpha value is -3.23. The van der Waals surface area contributed by atoms with E-state index in [0.717, 1.165) is 35.9 Å². The number of nitro groups is 1. The number of ether oxygens (including phenoxy) is 1. The normalized spacial score (nSPS) is 14.8. The fraction of sp³-hybridized carbons (Fsp3) is 0.381. The minimum atomic E-state index is -3.99. The Morgan fingerprint density at radius 2 is 1.80 bits per heavy atom. The largest absolute Gasteiger partial charge is 0.495 e. The predicted molar refractivity (Wildman–Crippen MR) is 130 cm³/mol. The van der Waals surface area contributed by atoms with E-state index in [1.54, 1.807) is 0 Å². The zero-order valence-corrected chi connectivity index (χ0v) is 20.8. The fourth-order valence-electron chi connectivity index (χ4n) is 3.68. The van der Waals surface area contributed by atoms with Gasteiger partial charge in [-0.3, -0.25) is 19.2 Å². The van der Waals surface area contributed by atoms with Gasteiger partial charge in [0, 0.05) is 25.2 Å². The Morgan fingerprint density at radius 1 is 1.11 bits per heavy atom. The summed E-state index contributed by atoms with van der Waals surface area (Å²) >= 11 is 0. The molecule has 0 atom stereocenters. The van der Waals surface area contributed by atoms with Crippen molar-refractivity contribution in [2.75, 3.05) is 42.6 Å². The molecule has 1 heterocycles. The molecule has 14 heteroatoms. The van der Waals surface area contributed by atoms with E-state index in [0.29, 0.717) is 13.1 Å². The van der Waals surface area contributed by atoms with Gasteiger partial charge in [0.2, 0.25) is 26.0 Å². The highest BCUT2D eigenvalue weighted by Crippen LogP contribution is 2.30. The molecule has 190 valence electrons. The Bertz CT molecular complexity index is 1320. The maximum atomic E-state index is 13.0. The van der Waals surface area contributed by atoms with E-state index in [-0.39, 0.29) is 27.7 Å². The molecule has 2 aromatic carbocycles. The zero-order valence-electron chi connectivity index (χ0n) is 19.2. The summed E-state index contributed by atoms with van der Waals surface area (Å²) in [4.78, 5) is 23.2. The predicted octanol–water partition coefficient (Wildman–Crippen LogP) is 2.18. The van der Waals surface area contributed by atoms with Crippen LogP contribution in [0.5, 0.6) is 5.75 Å². The molecule has 35 heavy (non-hydrogen) atoms. The maximum absolute atomic E-state index is 13.0. The first-order valence-electron chi connectivity index (χ1n) is 10.6. The standard InChI is InChI=1S/C21H26N4O8S2/c1-33-20-10-9-18(35(31,32)23-11-4-3-5-12-23)14-19(20)22-21(26)15-24(34(2,29)30)16-7-6-8-17(13-16)25(27)28/h6-10,13-14H,3-5,11-12,15H2,1-2H3,(H,22,26).